The Morgan fingerprint density at radius 3 is 2.45 bits per heavy atom. The third kappa shape index (κ3) is 4.35. The molecule has 4 unspecified atom stereocenters. The zero-order valence-corrected chi connectivity index (χ0v) is 9.34. The van der Waals surface area contributed by atoms with Gasteiger partial charge in [0.2, 0.25) is 0 Å². The molecule has 0 rings (SSSR count). The van der Waals surface area contributed by atoms with Crippen molar-refractivity contribution in [2.75, 3.05) is 13.7 Å². The second-order valence-electron chi connectivity index (χ2n) is 2.54. The first kappa shape index (κ1) is 11.7. The van der Waals surface area contributed by atoms with Crippen molar-refractivity contribution in [3.05, 3.63) is 0 Å². The summed E-state index contributed by atoms with van der Waals surface area (Å²) in [4.78, 5) is 0. The topological polar surface area (TPSA) is 32.7 Å². The van der Waals surface area contributed by atoms with Crippen LogP contribution in [-0.4, -0.2) is 35.6 Å². The van der Waals surface area contributed by atoms with Crippen LogP contribution in [0.1, 0.15) is 13.3 Å². The van der Waals surface area contributed by atoms with Crippen molar-refractivity contribution in [1.82, 2.24) is 4.67 Å². The standard InChI is InChI=1S/C6H17NO2P2/c1-3-6(8)5(4-9-11)7(2)10/h5-6,8H,3-4,10-11H2,1-2H3. The average molecular weight is 197 g/mol. The van der Waals surface area contributed by atoms with E-state index >= 15 is 0 Å². The Balaban J connectivity index is 3.87. The lowest BCUT2D eigenvalue weighted by atomic mass is 10.1. The van der Waals surface area contributed by atoms with Gasteiger partial charge in [-0.3, -0.25) is 4.67 Å². The molecule has 0 aromatic rings. The van der Waals surface area contributed by atoms with Gasteiger partial charge in [-0.1, -0.05) is 16.3 Å². The molecule has 0 fully saturated rings. The summed E-state index contributed by atoms with van der Waals surface area (Å²) >= 11 is 0. The van der Waals surface area contributed by atoms with E-state index in [9.17, 15) is 5.11 Å². The van der Waals surface area contributed by atoms with Gasteiger partial charge in [0.25, 0.3) is 0 Å². The van der Waals surface area contributed by atoms with Crippen LogP contribution in [0.5, 0.6) is 0 Å². The number of rotatable bonds is 5. The molecule has 5 heteroatoms. The number of aliphatic hydroxyl groups excluding tert-OH is 1. The van der Waals surface area contributed by atoms with E-state index in [0.717, 1.165) is 6.42 Å². The number of likely N-dealkylation sites (N-methyl/N-ethyl adjacent to an activating group) is 1. The van der Waals surface area contributed by atoms with Crippen molar-refractivity contribution in [3.63, 3.8) is 0 Å². The molecule has 0 aromatic heterocycles. The average Bonchev–Trinajstić information content (AvgIpc) is 1.98. The maximum atomic E-state index is 9.47. The third-order valence-corrected chi connectivity index (χ3v) is 2.23. The van der Waals surface area contributed by atoms with Crippen molar-refractivity contribution in [2.45, 2.75) is 25.5 Å². The monoisotopic (exact) mass is 197 g/mol. The van der Waals surface area contributed by atoms with Gasteiger partial charge in [-0.2, -0.15) is 0 Å². The van der Waals surface area contributed by atoms with Gasteiger partial charge in [0.15, 0.2) is 0 Å². The minimum absolute atomic E-state index is 0.0579. The zero-order valence-electron chi connectivity index (χ0n) is 7.03. The molecule has 0 bridgehead atoms. The lowest BCUT2D eigenvalue weighted by molar-refractivity contribution is 0.0735. The highest BCUT2D eigenvalue weighted by molar-refractivity contribution is 7.13. The van der Waals surface area contributed by atoms with E-state index in [-0.39, 0.29) is 12.1 Å². The summed E-state index contributed by atoms with van der Waals surface area (Å²) < 4.78 is 6.78. The van der Waals surface area contributed by atoms with Gasteiger partial charge < -0.3 is 9.63 Å². The number of hydrogen-bond donors (Lipinski definition) is 1. The molecule has 0 aliphatic carbocycles. The summed E-state index contributed by atoms with van der Waals surface area (Å²) in [5.41, 5.74) is 0. The molecule has 0 spiro atoms. The third-order valence-electron chi connectivity index (χ3n) is 1.65. The molecule has 0 saturated carbocycles. The minimum atomic E-state index is -0.321. The Morgan fingerprint density at radius 1 is 1.64 bits per heavy atom. The molecule has 0 aliphatic heterocycles. The summed E-state index contributed by atoms with van der Waals surface area (Å²) in [7, 11) is 6.62. The molecule has 4 atom stereocenters. The van der Waals surface area contributed by atoms with E-state index in [1.165, 1.54) is 0 Å². The Kier molecular flexibility index (Phi) is 6.70. The van der Waals surface area contributed by atoms with Crippen molar-refractivity contribution in [1.29, 1.82) is 0 Å². The molecule has 3 nitrogen and oxygen atoms in total. The Morgan fingerprint density at radius 2 is 2.18 bits per heavy atom. The van der Waals surface area contributed by atoms with Crippen LogP contribution >= 0.6 is 18.9 Å². The fourth-order valence-corrected chi connectivity index (χ4v) is 1.35. The second kappa shape index (κ2) is 6.28. The SMILES string of the molecule is CCC(O)C(COP)N(C)P. The first-order valence-corrected chi connectivity index (χ1v) is 4.59. The van der Waals surface area contributed by atoms with Gasteiger partial charge in [0.05, 0.1) is 18.8 Å². The van der Waals surface area contributed by atoms with Crippen LogP contribution in [0.4, 0.5) is 0 Å². The quantitative estimate of drug-likeness (QED) is 0.657. The minimum Gasteiger partial charge on any atom is -0.391 e. The van der Waals surface area contributed by atoms with Crippen molar-refractivity contribution < 1.29 is 9.63 Å². The first-order valence-electron chi connectivity index (χ1n) is 3.60. The van der Waals surface area contributed by atoms with E-state index in [1.54, 1.807) is 0 Å². The van der Waals surface area contributed by atoms with Gasteiger partial charge in [-0.25, -0.2) is 0 Å². The molecule has 0 radical (unpaired) electrons. The van der Waals surface area contributed by atoms with E-state index in [2.05, 4.69) is 18.9 Å². The van der Waals surface area contributed by atoms with E-state index in [1.807, 2.05) is 18.6 Å². The normalized spacial score (nSPS) is 16.9. The van der Waals surface area contributed by atoms with Crippen LogP contribution in [0.3, 0.4) is 0 Å². The predicted molar refractivity (Wildman–Crippen MR) is 53.2 cm³/mol. The summed E-state index contributed by atoms with van der Waals surface area (Å²) in [6, 6.07) is 0.0579. The molecule has 0 heterocycles. The highest BCUT2D eigenvalue weighted by atomic mass is 31.0. The number of nitrogens with zero attached hydrogens (tertiary/aromatic N) is 1. The van der Waals surface area contributed by atoms with Gasteiger partial charge >= 0.3 is 0 Å². The summed E-state index contributed by atoms with van der Waals surface area (Å²) in [5.74, 6) is 0. The number of hydrogen-bond acceptors (Lipinski definition) is 3. The molecular formula is C6H17NO2P2. The predicted octanol–water partition coefficient (Wildman–Crippen LogP) is 0.654. The molecule has 0 aromatic carbocycles. The summed E-state index contributed by atoms with van der Waals surface area (Å²) in [6.07, 6.45) is 0.426. The van der Waals surface area contributed by atoms with Crippen molar-refractivity contribution in [3.8, 4) is 0 Å². The zero-order chi connectivity index (χ0) is 8.85. The molecule has 0 saturated heterocycles. The van der Waals surface area contributed by atoms with E-state index < -0.39 is 0 Å². The van der Waals surface area contributed by atoms with Gasteiger partial charge in [-0.15, -0.1) is 0 Å². The van der Waals surface area contributed by atoms with Crippen LogP contribution < -0.4 is 0 Å². The lowest BCUT2D eigenvalue weighted by Crippen LogP contribution is -2.38. The van der Waals surface area contributed by atoms with Gasteiger partial charge in [0, 0.05) is 9.47 Å². The van der Waals surface area contributed by atoms with E-state index in [0.29, 0.717) is 6.61 Å². The van der Waals surface area contributed by atoms with Gasteiger partial charge in [0.1, 0.15) is 0 Å². The molecule has 68 valence electrons. The first-order chi connectivity index (χ1) is 5.13. The molecule has 11 heavy (non-hydrogen) atoms. The fourth-order valence-electron chi connectivity index (χ4n) is 0.871. The Hall–Kier alpha value is 0.740. The smallest absolute Gasteiger partial charge is 0.0718 e. The summed E-state index contributed by atoms with van der Waals surface area (Å²) in [5, 5.41) is 9.47. The number of aliphatic hydroxyl groups is 1. The van der Waals surface area contributed by atoms with Crippen LogP contribution in [-0.2, 0) is 4.52 Å². The Bertz CT molecular complexity index is 103. The highest BCUT2D eigenvalue weighted by Crippen LogP contribution is 2.11. The molecule has 1 N–H and O–H groups in total. The molecule has 0 amide bonds. The lowest BCUT2D eigenvalue weighted by Gasteiger charge is -2.27. The highest BCUT2D eigenvalue weighted by Gasteiger charge is 2.19. The maximum absolute atomic E-state index is 9.47. The summed E-state index contributed by atoms with van der Waals surface area (Å²) in [6.45, 7) is 2.48. The van der Waals surface area contributed by atoms with E-state index in [4.69, 9.17) is 4.52 Å². The Labute approximate surface area is 73.0 Å². The van der Waals surface area contributed by atoms with Crippen LogP contribution in [0.15, 0.2) is 0 Å². The maximum Gasteiger partial charge on any atom is 0.0718 e. The van der Waals surface area contributed by atoms with Gasteiger partial charge in [-0.05, 0) is 13.5 Å². The van der Waals surface area contributed by atoms with Crippen LogP contribution in [0.2, 0.25) is 0 Å². The largest absolute Gasteiger partial charge is 0.391 e. The second-order valence-corrected chi connectivity index (χ2v) is 3.69. The molecule has 0 aliphatic rings. The fraction of sp³-hybridized carbons (Fsp3) is 1.00. The van der Waals surface area contributed by atoms with Crippen LogP contribution in [0.25, 0.3) is 0 Å². The van der Waals surface area contributed by atoms with Crippen LogP contribution in [0, 0.1) is 0 Å². The van der Waals surface area contributed by atoms with Crippen molar-refractivity contribution >= 4 is 18.9 Å². The molecular weight excluding hydrogens is 180 g/mol. The van der Waals surface area contributed by atoms with Crippen molar-refractivity contribution in [2.24, 2.45) is 0 Å².